The van der Waals surface area contributed by atoms with Gasteiger partial charge in [0, 0.05) is 11.6 Å². The van der Waals surface area contributed by atoms with Gasteiger partial charge in [-0.25, -0.2) is 4.98 Å². The Morgan fingerprint density at radius 1 is 0.756 bits per heavy atom. The number of hydrogen-bond acceptors (Lipinski definition) is 6. The van der Waals surface area contributed by atoms with E-state index in [-0.39, 0.29) is 11.9 Å². The molecule has 1 N–H and O–H groups in total. The molecule has 0 radical (unpaired) electrons. The van der Waals surface area contributed by atoms with Crippen LogP contribution in [0, 0.1) is 5.92 Å². The van der Waals surface area contributed by atoms with Crippen molar-refractivity contribution in [3.8, 4) is 34.0 Å². The van der Waals surface area contributed by atoms with Gasteiger partial charge in [0.1, 0.15) is 5.75 Å². The van der Waals surface area contributed by atoms with Crippen LogP contribution >= 0.6 is 0 Å². The second-order valence-electron chi connectivity index (χ2n) is 12.2. The Balaban J connectivity index is 1.26. The number of carbonyl (C=O) groups is 1. The highest BCUT2D eigenvalue weighted by Gasteiger charge is 2.21. The molecular formula is C39H47NO5. The summed E-state index contributed by atoms with van der Waals surface area (Å²) in [6.45, 7) is 4.71. The van der Waals surface area contributed by atoms with Gasteiger partial charge >= 0.3 is 5.97 Å². The van der Waals surface area contributed by atoms with Gasteiger partial charge < -0.3 is 19.3 Å². The molecule has 0 saturated heterocycles. The van der Waals surface area contributed by atoms with E-state index in [1.165, 1.54) is 7.11 Å². The van der Waals surface area contributed by atoms with Gasteiger partial charge in [0.05, 0.1) is 37.5 Å². The molecule has 1 atom stereocenters. The first-order chi connectivity index (χ1) is 21.8. The van der Waals surface area contributed by atoms with Crippen LogP contribution in [0.5, 0.6) is 11.6 Å². The summed E-state index contributed by atoms with van der Waals surface area (Å²) in [5.74, 6) is 1.00. The van der Waals surface area contributed by atoms with Crippen LogP contribution in [0.4, 0.5) is 0 Å². The molecule has 238 valence electrons. The van der Waals surface area contributed by atoms with Crippen LogP contribution in [0.1, 0.15) is 64.4 Å². The second kappa shape index (κ2) is 17.4. The van der Waals surface area contributed by atoms with E-state index < -0.39 is 5.60 Å². The average molecular weight is 610 g/mol. The molecule has 45 heavy (non-hydrogen) atoms. The second-order valence-corrected chi connectivity index (χ2v) is 12.2. The van der Waals surface area contributed by atoms with E-state index in [0.29, 0.717) is 31.9 Å². The average Bonchev–Trinajstić information content (AvgIpc) is 3.06. The molecule has 0 aliphatic carbocycles. The van der Waals surface area contributed by atoms with E-state index in [1.54, 1.807) is 13.8 Å². The molecule has 1 heterocycles. The molecule has 1 aromatic heterocycles. The minimum atomic E-state index is -0.707. The highest BCUT2D eigenvalue weighted by atomic mass is 16.5. The minimum Gasteiger partial charge on any atom is -0.493 e. The first-order valence-electron chi connectivity index (χ1n) is 16.1. The van der Waals surface area contributed by atoms with Crippen molar-refractivity contribution in [3.63, 3.8) is 0 Å². The van der Waals surface area contributed by atoms with Gasteiger partial charge in [-0.2, -0.15) is 0 Å². The molecular weight excluding hydrogens is 562 g/mol. The monoisotopic (exact) mass is 609 g/mol. The number of hydrogen-bond donors (Lipinski definition) is 1. The van der Waals surface area contributed by atoms with Crippen LogP contribution in [0.15, 0.2) is 97.1 Å². The lowest BCUT2D eigenvalue weighted by Gasteiger charge is -2.19. The van der Waals surface area contributed by atoms with Gasteiger partial charge in [-0.3, -0.25) is 4.79 Å². The molecule has 6 heteroatoms. The van der Waals surface area contributed by atoms with Gasteiger partial charge in [0.25, 0.3) is 0 Å². The molecule has 6 nitrogen and oxygen atoms in total. The van der Waals surface area contributed by atoms with Crippen molar-refractivity contribution in [1.82, 2.24) is 4.98 Å². The maximum absolute atomic E-state index is 12.7. The largest absolute Gasteiger partial charge is 0.493 e. The number of para-hydroxylation sites is 1. The zero-order chi connectivity index (χ0) is 31.9. The number of rotatable bonds is 18. The smallest absolute Gasteiger partial charge is 0.308 e. The Morgan fingerprint density at radius 2 is 1.40 bits per heavy atom. The van der Waals surface area contributed by atoms with E-state index in [9.17, 15) is 9.90 Å². The van der Waals surface area contributed by atoms with E-state index in [4.69, 9.17) is 19.2 Å². The number of unbranched alkanes of at least 4 members (excludes halogenated alkanes) is 3. The number of esters is 1. The summed E-state index contributed by atoms with van der Waals surface area (Å²) in [5.41, 5.74) is 4.45. The first-order valence-corrected chi connectivity index (χ1v) is 16.1. The summed E-state index contributed by atoms with van der Waals surface area (Å²) in [6, 6.07) is 32.5. The number of benzene rings is 3. The third-order valence-corrected chi connectivity index (χ3v) is 7.84. The van der Waals surface area contributed by atoms with Crippen molar-refractivity contribution in [1.29, 1.82) is 0 Å². The van der Waals surface area contributed by atoms with Crippen molar-refractivity contribution in [3.05, 3.63) is 103 Å². The Morgan fingerprint density at radius 3 is 2.11 bits per heavy atom. The van der Waals surface area contributed by atoms with E-state index in [2.05, 4.69) is 30.3 Å². The standard InChI is InChI=1S/C39H47NO5/c1-39(2,42)24-16-26-44-36-23-14-13-21-32(36)27-33(38(41)43-3)22-8-4-5-15-25-45-37-29-34(30-17-9-6-10-18-30)28-35(40-37)31-19-11-7-12-20-31/h6-7,9-14,17-21,23,28-29,33,42H,4-5,8,15-16,22,24-27H2,1-3H3. The number of pyridine rings is 1. The normalized spacial score (nSPS) is 12.0. The topological polar surface area (TPSA) is 77.9 Å². The Bertz CT molecular complexity index is 1390. The van der Waals surface area contributed by atoms with Gasteiger partial charge in [0.15, 0.2) is 0 Å². The lowest BCUT2D eigenvalue weighted by molar-refractivity contribution is -0.145. The quantitative estimate of drug-likeness (QED) is 0.0898. The number of carbonyl (C=O) groups excluding carboxylic acids is 1. The molecule has 4 aromatic rings. The van der Waals surface area contributed by atoms with Crippen molar-refractivity contribution >= 4 is 5.97 Å². The van der Waals surface area contributed by atoms with Crippen LogP contribution in [-0.2, 0) is 16.0 Å². The molecule has 1 unspecified atom stereocenters. The first kappa shape index (κ1) is 33.7. The summed E-state index contributed by atoms with van der Waals surface area (Å²) in [5, 5.41) is 9.96. The van der Waals surface area contributed by atoms with E-state index in [0.717, 1.165) is 72.2 Å². The predicted molar refractivity (Wildman–Crippen MR) is 180 cm³/mol. The van der Waals surface area contributed by atoms with Crippen molar-refractivity contribution in [2.24, 2.45) is 5.92 Å². The summed E-state index contributed by atoms with van der Waals surface area (Å²) in [6.07, 6.45) is 6.57. The van der Waals surface area contributed by atoms with Crippen LogP contribution in [0.25, 0.3) is 22.4 Å². The summed E-state index contributed by atoms with van der Waals surface area (Å²) in [4.78, 5) is 17.5. The Labute approximate surface area is 268 Å². The van der Waals surface area contributed by atoms with Crippen molar-refractivity contribution < 1.29 is 24.1 Å². The predicted octanol–water partition coefficient (Wildman–Crippen LogP) is 8.71. The fraction of sp³-hybridized carbons (Fsp3) is 0.385. The van der Waals surface area contributed by atoms with Crippen LogP contribution in [0.3, 0.4) is 0 Å². The molecule has 0 aliphatic rings. The van der Waals surface area contributed by atoms with Crippen LogP contribution in [-0.4, -0.2) is 42.0 Å². The number of ether oxygens (including phenoxy) is 3. The third-order valence-electron chi connectivity index (χ3n) is 7.84. The summed E-state index contributed by atoms with van der Waals surface area (Å²) < 4.78 is 17.3. The van der Waals surface area contributed by atoms with Gasteiger partial charge in [-0.1, -0.05) is 98.1 Å². The minimum absolute atomic E-state index is 0.186. The van der Waals surface area contributed by atoms with E-state index >= 15 is 0 Å². The fourth-order valence-electron chi connectivity index (χ4n) is 5.39. The highest BCUT2D eigenvalue weighted by Crippen LogP contribution is 2.29. The van der Waals surface area contributed by atoms with Crippen LogP contribution in [0.2, 0.25) is 0 Å². The maximum Gasteiger partial charge on any atom is 0.308 e. The Hall–Kier alpha value is -4.16. The zero-order valence-corrected chi connectivity index (χ0v) is 26.9. The molecule has 0 fully saturated rings. The molecule has 0 amide bonds. The SMILES string of the molecule is COC(=O)C(CCCCCCOc1cc(-c2ccccc2)cc(-c2ccccc2)n1)Cc1ccccc1OCCCC(C)(C)O. The summed E-state index contributed by atoms with van der Waals surface area (Å²) in [7, 11) is 1.45. The Kier molecular flexibility index (Phi) is 13.0. The molecule has 4 rings (SSSR count). The third kappa shape index (κ3) is 11.4. The lowest BCUT2D eigenvalue weighted by atomic mass is 9.93. The molecule has 3 aromatic carbocycles. The molecule has 0 bridgehead atoms. The molecule has 0 saturated carbocycles. The number of methoxy groups -OCH3 is 1. The molecule has 0 spiro atoms. The number of nitrogens with zero attached hydrogens (tertiary/aromatic N) is 1. The van der Waals surface area contributed by atoms with Crippen molar-refractivity contribution in [2.45, 2.75) is 70.8 Å². The fourth-order valence-corrected chi connectivity index (χ4v) is 5.39. The zero-order valence-electron chi connectivity index (χ0n) is 26.9. The van der Waals surface area contributed by atoms with Crippen LogP contribution < -0.4 is 9.47 Å². The van der Waals surface area contributed by atoms with Gasteiger partial charge in [-0.05, 0) is 74.8 Å². The molecule has 0 aliphatic heterocycles. The number of aliphatic hydroxyl groups is 1. The maximum atomic E-state index is 12.7. The van der Waals surface area contributed by atoms with Crippen molar-refractivity contribution in [2.75, 3.05) is 20.3 Å². The van der Waals surface area contributed by atoms with E-state index in [1.807, 2.05) is 66.7 Å². The van der Waals surface area contributed by atoms with Gasteiger partial charge in [0.2, 0.25) is 5.88 Å². The summed E-state index contributed by atoms with van der Waals surface area (Å²) >= 11 is 0. The van der Waals surface area contributed by atoms with Gasteiger partial charge in [-0.15, -0.1) is 0 Å². The lowest BCUT2D eigenvalue weighted by Crippen LogP contribution is -2.20. The number of aromatic nitrogens is 1. The highest BCUT2D eigenvalue weighted by molar-refractivity contribution is 5.73.